The average Bonchev–Trinajstić information content (AvgIpc) is 2.44. The highest BCUT2D eigenvalue weighted by atomic mass is 19.4. The van der Waals surface area contributed by atoms with Crippen molar-refractivity contribution in [3.05, 3.63) is 65.5 Å². The van der Waals surface area contributed by atoms with E-state index in [2.05, 4.69) is 0 Å². The normalized spacial score (nSPS) is 11.8. The molecule has 0 aliphatic rings. The van der Waals surface area contributed by atoms with Gasteiger partial charge < -0.3 is 5.11 Å². The number of halogens is 4. The molecule has 0 amide bonds. The molecule has 2 rings (SSSR count). The van der Waals surface area contributed by atoms with Crippen molar-refractivity contribution < 1.29 is 27.5 Å². The van der Waals surface area contributed by atoms with Crippen molar-refractivity contribution in [2.45, 2.75) is 6.18 Å². The van der Waals surface area contributed by atoms with E-state index >= 15 is 0 Å². The molecule has 0 atom stereocenters. The lowest BCUT2D eigenvalue weighted by molar-refractivity contribution is -0.137. The third-order valence-electron chi connectivity index (χ3n) is 2.86. The van der Waals surface area contributed by atoms with Crippen LogP contribution in [0, 0.1) is 5.82 Å². The number of carboxylic acid groups (broad SMARTS) is 1. The summed E-state index contributed by atoms with van der Waals surface area (Å²) in [7, 11) is 0. The third kappa shape index (κ3) is 3.94. The summed E-state index contributed by atoms with van der Waals surface area (Å²) in [6, 6.07) is 8.25. The van der Waals surface area contributed by atoms with Crippen molar-refractivity contribution >= 4 is 12.0 Å². The minimum Gasteiger partial charge on any atom is -0.478 e. The summed E-state index contributed by atoms with van der Waals surface area (Å²) in [6.07, 6.45) is -2.79. The summed E-state index contributed by atoms with van der Waals surface area (Å²) in [6.45, 7) is 0. The number of hydrogen-bond acceptors (Lipinski definition) is 1. The smallest absolute Gasteiger partial charge is 0.416 e. The van der Waals surface area contributed by atoms with Crippen LogP contribution >= 0.6 is 0 Å². The number of benzene rings is 2. The van der Waals surface area contributed by atoms with E-state index in [0.717, 1.165) is 30.4 Å². The SMILES string of the molecule is O=C(O)C=Cc1cc(-c2cccc(F)c2)cc(C(F)(F)F)c1. The molecule has 2 aromatic rings. The van der Waals surface area contributed by atoms with Crippen LogP contribution in [0.3, 0.4) is 0 Å². The fourth-order valence-electron chi connectivity index (χ4n) is 1.91. The molecule has 22 heavy (non-hydrogen) atoms. The topological polar surface area (TPSA) is 37.3 Å². The lowest BCUT2D eigenvalue weighted by atomic mass is 9.99. The van der Waals surface area contributed by atoms with Gasteiger partial charge >= 0.3 is 12.1 Å². The lowest BCUT2D eigenvalue weighted by Crippen LogP contribution is -2.05. The predicted octanol–water partition coefficient (Wildman–Crippen LogP) is 4.61. The Morgan fingerprint density at radius 2 is 1.77 bits per heavy atom. The highest BCUT2D eigenvalue weighted by Gasteiger charge is 2.31. The summed E-state index contributed by atoms with van der Waals surface area (Å²) in [5, 5.41) is 8.57. The van der Waals surface area contributed by atoms with Gasteiger partial charge in [-0.25, -0.2) is 9.18 Å². The van der Waals surface area contributed by atoms with E-state index in [1.807, 2.05) is 0 Å². The molecule has 0 bridgehead atoms. The van der Waals surface area contributed by atoms with Gasteiger partial charge in [-0.2, -0.15) is 13.2 Å². The van der Waals surface area contributed by atoms with Crippen molar-refractivity contribution in [2.24, 2.45) is 0 Å². The van der Waals surface area contributed by atoms with Crippen molar-refractivity contribution in [3.8, 4) is 11.1 Å². The van der Waals surface area contributed by atoms with Gasteiger partial charge in [0, 0.05) is 6.08 Å². The summed E-state index contributed by atoms with van der Waals surface area (Å²) < 4.78 is 52.0. The van der Waals surface area contributed by atoms with E-state index in [4.69, 9.17) is 5.11 Å². The van der Waals surface area contributed by atoms with E-state index in [0.29, 0.717) is 0 Å². The predicted molar refractivity (Wildman–Crippen MR) is 73.5 cm³/mol. The van der Waals surface area contributed by atoms with Gasteiger partial charge in [-0.1, -0.05) is 12.1 Å². The molecule has 0 radical (unpaired) electrons. The molecule has 114 valence electrons. The molecule has 0 fully saturated rings. The Hall–Kier alpha value is -2.63. The van der Waals surface area contributed by atoms with Crippen LogP contribution in [0.15, 0.2) is 48.5 Å². The highest BCUT2D eigenvalue weighted by molar-refractivity contribution is 5.85. The number of alkyl halides is 3. The van der Waals surface area contributed by atoms with Crippen LogP contribution in [0.1, 0.15) is 11.1 Å². The van der Waals surface area contributed by atoms with Crippen LogP contribution in [0.2, 0.25) is 0 Å². The first-order valence-electron chi connectivity index (χ1n) is 6.15. The Balaban J connectivity index is 2.58. The Morgan fingerprint density at radius 3 is 2.36 bits per heavy atom. The summed E-state index contributed by atoms with van der Waals surface area (Å²) in [4.78, 5) is 10.5. The maximum Gasteiger partial charge on any atom is 0.416 e. The molecule has 6 heteroatoms. The largest absolute Gasteiger partial charge is 0.478 e. The van der Waals surface area contributed by atoms with Crippen molar-refractivity contribution in [3.63, 3.8) is 0 Å². The summed E-state index contributed by atoms with van der Waals surface area (Å²) >= 11 is 0. The molecule has 0 saturated heterocycles. The van der Waals surface area contributed by atoms with Gasteiger partial charge in [0.1, 0.15) is 5.82 Å². The average molecular weight is 310 g/mol. The summed E-state index contributed by atoms with van der Waals surface area (Å²) in [5.74, 6) is -1.85. The van der Waals surface area contributed by atoms with Crippen LogP contribution in [-0.2, 0) is 11.0 Å². The zero-order valence-corrected chi connectivity index (χ0v) is 11.1. The van der Waals surface area contributed by atoms with E-state index in [1.54, 1.807) is 0 Å². The van der Waals surface area contributed by atoms with Gasteiger partial charge in [0.15, 0.2) is 0 Å². The van der Waals surface area contributed by atoms with Crippen LogP contribution in [0.4, 0.5) is 17.6 Å². The molecule has 0 aliphatic heterocycles. The minimum atomic E-state index is -4.59. The first-order valence-corrected chi connectivity index (χ1v) is 6.15. The van der Waals surface area contributed by atoms with Crippen LogP contribution in [0.5, 0.6) is 0 Å². The van der Waals surface area contributed by atoms with Crippen LogP contribution < -0.4 is 0 Å². The van der Waals surface area contributed by atoms with Gasteiger partial charge in [-0.15, -0.1) is 0 Å². The monoisotopic (exact) mass is 310 g/mol. The molecule has 0 aliphatic carbocycles. The third-order valence-corrected chi connectivity index (χ3v) is 2.86. The van der Waals surface area contributed by atoms with Gasteiger partial charge in [-0.3, -0.25) is 0 Å². The minimum absolute atomic E-state index is 0.0662. The fourth-order valence-corrected chi connectivity index (χ4v) is 1.91. The Kier molecular flexibility index (Phi) is 4.30. The van der Waals surface area contributed by atoms with Crippen molar-refractivity contribution in [2.75, 3.05) is 0 Å². The standard InChI is InChI=1S/C16H10F4O2/c17-14-3-1-2-11(9-14)12-6-10(4-5-15(21)22)7-13(8-12)16(18,19)20/h1-9H,(H,21,22). The second-order valence-corrected chi connectivity index (χ2v) is 4.52. The van der Waals surface area contributed by atoms with Crippen molar-refractivity contribution in [1.29, 1.82) is 0 Å². The maximum absolute atomic E-state index is 13.2. The van der Waals surface area contributed by atoms with Crippen LogP contribution in [0.25, 0.3) is 17.2 Å². The lowest BCUT2D eigenvalue weighted by Gasteiger charge is -2.11. The highest BCUT2D eigenvalue weighted by Crippen LogP contribution is 2.34. The number of rotatable bonds is 3. The Labute approximate surface area is 123 Å². The zero-order valence-electron chi connectivity index (χ0n) is 11.1. The second-order valence-electron chi connectivity index (χ2n) is 4.52. The van der Waals surface area contributed by atoms with E-state index < -0.39 is 23.5 Å². The first-order chi connectivity index (χ1) is 10.3. The van der Waals surface area contributed by atoms with Gasteiger partial charge in [0.25, 0.3) is 0 Å². The van der Waals surface area contributed by atoms with E-state index in [9.17, 15) is 22.4 Å². The van der Waals surface area contributed by atoms with Crippen molar-refractivity contribution in [1.82, 2.24) is 0 Å². The molecular weight excluding hydrogens is 300 g/mol. The molecule has 0 heterocycles. The van der Waals surface area contributed by atoms with Gasteiger partial charge in [0.2, 0.25) is 0 Å². The molecule has 0 saturated carbocycles. The number of carboxylic acids is 1. The summed E-state index contributed by atoms with van der Waals surface area (Å²) in [5.41, 5.74) is -0.439. The van der Waals surface area contributed by atoms with Crippen LogP contribution in [-0.4, -0.2) is 11.1 Å². The van der Waals surface area contributed by atoms with E-state index in [1.165, 1.54) is 24.3 Å². The molecule has 0 unspecified atom stereocenters. The molecule has 2 aromatic carbocycles. The molecule has 1 N–H and O–H groups in total. The molecule has 0 aromatic heterocycles. The second kappa shape index (κ2) is 6.01. The molecular formula is C16H10F4O2. The first kappa shape index (κ1) is 15.8. The maximum atomic E-state index is 13.2. The Morgan fingerprint density at radius 1 is 1.05 bits per heavy atom. The Bertz CT molecular complexity index is 733. The molecule has 2 nitrogen and oxygen atoms in total. The van der Waals surface area contributed by atoms with Gasteiger partial charge in [0.05, 0.1) is 5.56 Å². The van der Waals surface area contributed by atoms with Gasteiger partial charge in [-0.05, 0) is 53.1 Å². The van der Waals surface area contributed by atoms with E-state index in [-0.39, 0.29) is 16.7 Å². The fraction of sp³-hybridized carbons (Fsp3) is 0.0625. The quantitative estimate of drug-likeness (QED) is 0.664. The zero-order chi connectivity index (χ0) is 16.3. The molecule has 0 spiro atoms. The number of hydrogen-bond donors (Lipinski definition) is 1. The number of carbonyl (C=O) groups is 1. The number of aliphatic carboxylic acids is 1.